The highest BCUT2D eigenvalue weighted by Crippen LogP contribution is 2.45. The van der Waals surface area contributed by atoms with Crippen molar-refractivity contribution in [1.29, 1.82) is 0 Å². The highest BCUT2D eigenvalue weighted by Gasteiger charge is 2.21. The third-order valence-corrected chi connectivity index (χ3v) is 13.0. The molecule has 294 valence electrons. The molecular weight excluding hydrogens is 765 g/mol. The molecule has 0 bridgehead atoms. The molecule has 13 rings (SSSR count). The zero-order chi connectivity index (χ0) is 41.4. The SMILES string of the molecule is c1ccc(-c2ccc3c(c2)c2cc(-c4ccc(N(c5ccc6c7ccccc7c7ccccc7c6c5)c5cccc6c5oc5ccccc56)cc4)ccc2n3-c2ccccc2)cc1. The van der Waals surface area contributed by atoms with Gasteiger partial charge in [0, 0.05) is 38.6 Å². The van der Waals surface area contributed by atoms with Gasteiger partial charge in [0.05, 0.1) is 16.7 Å². The van der Waals surface area contributed by atoms with Crippen LogP contribution in [-0.2, 0) is 0 Å². The van der Waals surface area contributed by atoms with E-state index in [0.717, 1.165) is 50.3 Å². The predicted molar refractivity (Wildman–Crippen MR) is 266 cm³/mol. The fourth-order valence-corrected chi connectivity index (χ4v) is 10.0. The van der Waals surface area contributed by atoms with Crippen LogP contribution in [0.15, 0.2) is 235 Å². The number of anilines is 3. The zero-order valence-corrected chi connectivity index (χ0v) is 34.2. The summed E-state index contributed by atoms with van der Waals surface area (Å²) in [5, 5.41) is 12.2. The van der Waals surface area contributed by atoms with E-state index in [9.17, 15) is 0 Å². The molecule has 0 aliphatic rings. The highest BCUT2D eigenvalue weighted by atomic mass is 16.3. The summed E-state index contributed by atoms with van der Waals surface area (Å²) in [7, 11) is 0. The molecule has 0 N–H and O–H groups in total. The third kappa shape index (κ3) is 5.60. The first kappa shape index (κ1) is 35.4. The first-order valence-electron chi connectivity index (χ1n) is 21.6. The Hall–Kier alpha value is -8.40. The van der Waals surface area contributed by atoms with Gasteiger partial charge < -0.3 is 13.9 Å². The van der Waals surface area contributed by atoms with Gasteiger partial charge in [-0.1, -0.05) is 158 Å². The van der Waals surface area contributed by atoms with Crippen molar-refractivity contribution in [1.82, 2.24) is 4.57 Å². The van der Waals surface area contributed by atoms with Crippen LogP contribution in [0.25, 0.3) is 104 Å². The van der Waals surface area contributed by atoms with E-state index < -0.39 is 0 Å². The van der Waals surface area contributed by atoms with Crippen LogP contribution < -0.4 is 4.90 Å². The Morgan fingerprint density at radius 2 is 0.794 bits per heavy atom. The molecule has 11 aromatic carbocycles. The molecule has 0 aliphatic heterocycles. The lowest BCUT2D eigenvalue weighted by atomic mass is 9.94. The maximum absolute atomic E-state index is 6.72. The predicted octanol–water partition coefficient (Wildman–Crippen LogP) is 16.9. The lowest BCUT2D eigenvalue weighted by Gasteiger charge is -2.26. The van der Waals surface area contributed by atoms with E-state index in [4.69, 9.17) is 4.42 Å². The van der Waals surface area contributed by atoms with Gasteiger partial charge in [-0.05, 0) is 127 Å². The fourth-order valence-electron chi connectivity index (χ4n) is 10.0. The zero-order valence-electron chi connectivity index (χ0n) is 34.2. The molecule has 0 saturated carbocycles. The number of para-hydroxylation sites is 3. The minimum absolute atomic E-state index is 0.862. The average molecular weight is 803 g/mol. The van der Waals surface area contributed by atoms with Gasteiger partial charge in [-0.3, -0.25) is 0 Å². The van der Waals surface area contributed by atoms with Crippen LogP contribution in [0.5, 0.6) is 0 Å². The van der Waals surface area contributed by atoms with Crippen LogP contribution in [0.1, 0.15) is 0 Å². The number of fused-ring (bicyclic) bond motifs is 12. The molecule has 0 amide bonds. The van der Waals surface area contributed by atoms with Gasteiger partial charge in [0.2, 0.25) is 0 Å². The van der Waals surface area contributed by atoms with Gasteiger partial charge in [0.1, 0.15) is 5.58 Å². The summed E-state index contributed by atoms with van der Waals surface area (Å²) in [6.07, 6.45) is 0. The molecule has 0 fully saturated rings. The number of furan rings is 1. The third-order valence-electron chi connectivity index (χ3n) is 13.0. The van der Waals surface area contributed by atoms with Crippen molar-refractivity contribution in [3.05, 3.63) is 231 Å². The van der Waals surface area contributed by atoms with Crippen molar-refractivity contribution in [3.8, 4) is 27.9 Å². The topological polar surface area (TPSA) is 21.3 Å². The summed E-state index contributed by atoms with van der Waals surface area (Å²) in [5.41, 5.74) is 13.1. The Balaban J connectivity index is 0.990. The second-order valence-corrected chi connectivity index (χ2v) is 16.5. The van der Waals surface area contributed by atoms with Crippen molar-refractivity contribution in [2.75, 3.05) is 4.90 Å². The molecule has 13 aromatic rings. The van der Waals surface area contributed by atoms with Gasteiger partial charge in [-0.15, -0.1) is 0 Å². The monoisotopic (exact) mass is 802 g/mol. The fraction of sp³-hybridized carbons (Fsp3) is 0. The summed E-state index contributed by atoms with van der Waals surface area (Å²) in [6, 6.07) is 83.4. The Bertz CT molecular complexity index is 3860. The Labute approximate surface area is 363 Å². The smallest absolute Gasteiger partial charge is 0.159 e. The highest BCUT2D eigenvalue weighted by molar-refractivity contribution is 6.26. The van der Waals surface area contributed by atoms with Gasteiger partial charge in [-0.2, -0.15) is 0 Å². The minimum atomic E-state index is 0.862. The minimum Gasteiger partial charge on any atom is -0.454 e. The van der Waals surface area contributed by atoms with E-state index in [1.54, 1.807) is 0 Å². The molecule has 0 spiro atoms. The summed E-state index contributed by atoms with van der Waals surface area (Å²) in [5.74, 6) is 0. The van der Waals surface area contributed by atoms with E-state index in [1.165, 1.54) is 70.8 Å². The lowest BCUT2D eigenvalue weighted by Crippen LogP contribution is -2.10. The number of hydrogen-bond acceptors (Lipinski definition) is 2. The van der Waals surface area contributed by atoms with Gasteiger partial charge in [0.15, 0.2) is 5.58 Å². The molecule has 0 unspecified atom stereocenters. The number of hydrogen-bond donors (Lipinski definition) is 0. The molecule has 3 heteroatoms. The van der Waals surface area contributed by atoms with Crippen molar-refractivity contribution < 1.29 is 4.42 Å². The summed E-state index contributed by atoms with van der Waals surface area (Å²) in [4.78, 5) is 2.36. The first-order valence-corrected chi connectivity index (χ1v) is 21.6. The van der Waals surface area contributed by atoms with Crippen molar-refractivity contribution in [2.24, 2.45) is 0 Å². The molecule has 0 atom stereocenters. The van der Waals surface area contributed by atoms with Gasteiger partial charge in [0.25, 0.3) is 0 Å². The van der Waals surface area contributed by atoms with Crippen LogP contribution in [0.2, 0.25) is 0 Å². The Morgan fingerprint density at radius 1 is 0.302 bits per heavy atom. The van der Waals surface area contributed by atoms with E-state index in [1.807, 2.05) is 6.07 Å². The molecule has 0 radical (unpaired) electrons. The molecule has 0 aliphatic carbocycles. The largest absolute Gasteiger partial charge is 0.454 e. The van der Waals surface area contributed by atoms with Crippen LogP contribution in [0, 0.1) is 0 Å². The van der Waals surface area contributed by atoms with Crippen molar-refractivity contribution in [2.45, 2.75) is 0 Å². The quantitative estimate of drug-likeness (QED) is 0.156. The Morgan fingerprint density at radius 3 is 1.44 bits per heavy atom. The molecule has 63 heavy (non-hydrogen) atoms. The Kier molecular flexibility index (Phi) is 7.91. The molecule has 2 aromatic heterocycles. The van der Waals surface area contributed by atoms with E-state index in [2.05, 4.69) is 234 Å². The number of rotatable bonds is 6. The maximum atomic E-state index is 6.72. The lowest BCUT2D eigenvalue weighted by molar-refractivity contribution is 0.669. The number of nitrogens with zero attached hydrogens (tertiary/aromatic N) is 2. The first-order chi connectivity index (χ1) is 31.2. The molecular formula is C60H38N2O. The van der Waals surface area contributed by atoms with Crippen LogP contribution in [0.4, 0.5) is 17.1 Å². The van der Waals surface area contributed by atoms with Crippen LogP contribution in [0.3, 0.4) is 0 Å². The van der Waals surface area contributed by atoms with Crippen LogP contribution in [-0.4, -0.2) is 4.57 Å². The van der Waals surface area contributed by atoms with E-state index >= 15 is 0 Å². The summed E-state index contributed by atoms with van der Waals surface area (Å²) >= 11 is 0. The standard InChI is InChI=1S/C60H38N2O/c1-3-14-39(15-4-1)41-28-34-56-54(36-41)55-37-42(29-35-57(55)62(56)43-16-5-2-6-17-43)40-26-30-44(31-27-40)61(58-24-13-23-52-51-22-11-12-25-59(51)63-60(52)58)45-32-33-50-48-20-8-7-18-46(48)47-19-9-10-21-49(47)53(50)38-45/h1-38H. The normalized spacial score (nSPS) is 11.8. The average Bonchev–Trinajstić information content (AvgIpc) is 3.91. The van der Waals surface area contributed by atoms with Crippen molar-refractivity contribution >= 4 is 93.1 Å². The second kappa shape index (κ2) is 14.1. The molecule has 0 saturated heterocycles. The number of aromatic nitrogens is 1. The molecule has 2 heterocycles. The van der Waals surface area contributed by atoms with Crippen LogP contribution >= 0.6 is 0 Å². The van der Waals surface area contributed by atoms with E-state index in [0.29, 0.717) is 0 Å². The van der Waals surface area contributed by atoms with Gasteiger partial charge in [-0.25, -0.2) is 0 Å². The number of benzene rings is 11. The van der Waals surface area contributed by atoms with Gasteiger partial charge >= 0.3 is 0 Å². The summed E-state index contributed by atoms with van der Waals surface area (Å²) < 4.78 is 9.11. The maximum Gasteiger partial charge on any atom is 0.159 e. The van der Waals surface area contributed by atoms with E-state index in [-0.39, 0.29) is 0 Å². The molecule has 3 nitrogen and oxygen atoms in total. The van der Waals surface area contributed by atoms with Crippen molar-refractivity contribution in [3.63, 3.8) is 0 Å². The second-order valence-electron chi connectivity index (χ2n) is 16.5. The summed E-state index contributed by atoms with van der Waals surface area (Å²) in [6.45, 7) is 0.